The number of unbranched alkanes of at least 4 members (excludes halogenated alkanes) is 10. The molecular formula is C22H42O5. The van der Waals surface area contributed by atoms with Crippen molar-refractivity contribution in [1.82, 2.24) is 0 Å². The Labute approximate surface area is 165 Å². The molecule has 0 radical (unpaired) electrons. The van der Waals surface area contributed by atoms with Crippen LogP contribution in [-0.4, -0.2) is 59.6 Å². The average Bonchev–Trinajstić information content (AvgIpc) is 2.68. The molecule has 0 unspecified atom stereocenters. The van der Waals surface area contributed by atoms with Gasteiger partial charge in [-0.3, -0.25) is 0 Å². The SMILES string of the molecule is CCCC/C=C/CCCCCCCCCCO[C@@H]1CO[C@@H](CO)[C@H](O)[C@H]1O. The van der Waals surface area contributed by atoms with E-state index in [2.05, 4.69) is 19.1 Å². The quantitative estimate of drug-likeness (QED) is 0.278. The fraction of sp³-hybridized carbons (Fsp3) is 0.909. The Balaban J connectivity index is 1.86. The highest BCUT2D eigenvalue weighted by molar-refractivity contribution is 4.87. The minimum atomic E-state index is -1.08. The van der Waals surface area contributed by atoms with Crippen LogP contribution in [0.2, 0.25) is 0 Å². The second kappa shape index (κ2) is 16.5. The number of allylic oxidation sites excluding steroid dienone is 2. The van der Waals surface area contributed by atoms with Crippen molar-refractivity contribution in [1.29, 1.82) is 0 Å². The molecule has 1 fully saturated rings. The van der Waals surface area contributed by atoms with Crippen LogP contribution in [0.5, 0.6) is 0 Å². The van der Waals surface area contributed by atoms with Crippen LogP contribution in [0.15, 0.2) is 12.2 Å². The molecule has 1 heterocycles. The fourth-order valence-electron chi connectivity index (χ4n) is 3.38. The lowest BCUT2D eigenvalue weighted by Crippen LogP contribution is -2.55. The first-order valence-corrected chi connectivity index (χ1v) is 11.1. The number of hydrogen-bond donors (Lipinski definition) is 3. The van der Waals surface area contributed by atoms with Crippen LogP contribution in [0, 0.1) is 0 Å². The zero-order valence-corrected chi connectivity index (χ0v) is 17.2. The molecule has 1 aliphatic rings. The summed E-state index contributed by atoms with van der Waals surface area (Å²) >= 11 is 0. The van der Waals surface area contributed by atoms with Crippen LogP contribution in [0.25, 0.3) is 0 Å². The van der Waals surface area contributed by atoms with Crippen LogP contribution in [0.4, 0.5) is 0 Å². The Bertz CT molecular complexity index is 361. The van der Waals surface area contributed by atoms with Gasteiger partial charge in [0.1, 0.15) is 24.4 Å². The zero-order chi connectivity index (χ0) is 19.7. The molecule has 1 aliphatic heterocycles. The smallest absolute Gasteiger partial charge is 0.111 e. The molecule has 4 atom stereocenters. The normalized spacial score (nSPS) is 26.1. The van der Waals surface area contributed by atoms with Crippen molar-refractivity contribution in [2.24, 2.45) is 0 Å². The first-order valence-electron chi connectivity index (χ1n) is 11.1. The van der Waals surface area contributed by atoms with Gasteiger partial charge in [0, 0.05) is 6.61 Å². The Hall–Kier alpha value is -0.460. The molecule has 3 N–H and O–H groups in total. The fourth-order valence-corrected chi connectivity index (χ4v) is 3.38. The van der Waals surface area contributed by atoms with Crippen molar-refractivity contribution >= 4 is 0 Å². The average molecular weight is 387 g/mol. The van der Waals surface area contributed by atoms with Gasteiger partial charge in [0.25, 0.3) is 0 Å². The Morgan fingerprint density at radius 1 is 0.852 bits per heavy atom. The molecule has 0 aromatic rings. The van der Waals surface area contributed by atoms with E-state index in [1.807, 2.05) is 0 Å². The maximum atomic E-state index is 9.98. The van der Waals surface area contributed by atoms with Crippen molar-refractivity contribution in [2.75, 3.05) is 19.8 Å². The molecule has 1 rings (SSSR count). The van der Waals surface area contributed by atoms with E-state index in [1.165, 1.54) is 64.2 Å². The van der Waals surface area contributed by atoms with Crippen molar-refractivity contribution < 1.29 is 24.8 Å². The third-order valence-electron chi connectivity index (χ3n) is 5.25. The summed E-state index contributed by atoms with van der Waals surface area (Å²) in [6.07, 6.45) is 16.3. The molecule has 5 heteroatoms. The third-order valence-corrected chi connectivity index (χ3v) is 5.25. The van der Waals surface area contributed by atoms with Crippen molar-refractivity contribution in [3.05, 3.63) is 12.2 Å². The summed E-state index contributed by atoms with van der Waals surface area (Å²) in [4.78, 5) is 0. The predicted molar refractivity (Wildman–Crippen MR) is 109 cm³/mol. The Morgan fingerprint density at radius 2 is 1.44 bits per heavy atom. The van der Waals surface area contributed by atoms with E-state index in [0.29, 0.717) is 6.61 Å². The summed E-state index contributed by atoms with van der Waals surface area (Å²) in [6, 6.07) is 0. The van der Waals surface area contributed by atoms with Gasteiger partial charge in [-0.1, -0.05) is 70.4 Å². The summed E-state index contributed by atoms with van der Waals surface area (Å²) in [6.45, 7) is 2.74. The summed E-state index contributed by atoms with van der Waals surface area (Å²) < 4.78 is 11.0. The highest BCUT2D eigenvalue weighted by atomic mass is 16.6. The summed E-state index contributed by atoms with van der Waals surface area (Å²) in [5.74, 6) is 0. The molecule has 0 aromatic carbocycles. The van der Waals surface area contributed by atoms with Crippen LogP contribution in [-0.2, 0) is 9.47 Å². The number of ether oxygens (including phenoxy) is 2. The number of rotatable bonds is 16. The molecule has 160 valence electrons. The highest BCUT2D eigenvalue weighted by Crippen LogP contribution is 2.18. The van der Waals surface area contributed by atoms with E-state index in [9.17, 15) is 10.2 Å². The second-order valence-corrected chi connectivity index (χ2v) is 7.68. The Kier molecular flexibility index (Phi) is 15.0. The molecule has 0 spiro atoms. The summed E-state index contributed by atoms with van der Waals surface area (Å²) in [7, 11) is 0. The maximum Gasteiger partial charge on any atom is 0.111 e. The monoisotopic (exact) mass is 386 g/mol. The molecule has 0 bridgehead atoms. The maximum absolute atomic E-state index is 9.98. The zero-order valence-electron chi connectivity index (χ0n) is 17.2. The molecule has 0 saturated carbocycles. The second-order valence-electron chi connectivity index (χ2n) is 7.68. The van der Waals surface area contributed by atoms with Gasteiger partial charge < -0.3 is 24.8 Å². The van der Waals surface area contributed by atoms with Crippen molar-refractivity contribution in [3.8, 4) is 0 Å². The first-order chi connectivity index (χ1) is 13.2. The summed E-state index contributed by atoms with van der Waals surface area (Å²) in [5, 5.41) is 28.8. The van der Waals surface area contributed by atoms with Crippen molar-refractivity contribution in [2.45, 2.75) is 108 Å². The van der Waals surface area contributed by atoms with Crippen LogP contribution in [0.1, 0.15) is 84.0 Å². The molecule has 0 aromatic heterocycles. The van der Waals surface area contributed by atoms with Gasteiger partial charge in [0.2, 0.25) is 0 Å². The van der Waals surface area contributed by atoms with Gasteiger partial charge in [0.15, 0.2) is 0 Å². The lowest BCUT2D eigenvalue weighted by atomic mass is 10.0. The van der Waals surface area contributed by atoms with E-state index >= 15 is 0 Å². The molecule has 5 nitrogen and oxygen atoms in total. The van der Waals surface area contributed by atoms with Crippen molar-refractivity contribution in [3.63, 3.8) is 0 Å². The van der Waals surface area contributed by atoms with Gasteiger partial charge in [-0.25, -0.2) is 0 Å². The van der Waals surface area contributed by atoms with Gasteiger partial charge in [0.05, 0.1) is 13.2 Å². The van der Waals surface area contributed by atoms with Crippen LogP contribution < -0.4 is 0 Å². The minimum absolute atomic E-state index is 0.219. The molecule has 27 heavy (non-hydrogen) atoms. The van der Waals surface area contributed by atoms with Gasteiger partial charge in [-0.2, -0.15) is 0 Å². The van der Waals surface area contributed by atoms with E-state index in [4.69, 9.17) is 14.6 Å². The Morgan fingerprint density at radius 3 is 2.07 bits per heavy atom. The largest absolute Gasteiger partial charge is 0.394 e. The minimum Gasteiger partial charge on any atom is -0.394 e. The number of aliphatic hydroxyl groups is 3. The lowest BCUT2D eigenvalue weighted by Gasteiger charge is -2.36. The van der Waals surface area contributed by atoms with E-state index < -0.39 is 24.4 Å². The number of hydrogen-bond acceptors (Lipinski definition) is 5. The molecule has 1 saturated heterocycles. The van der Waals surface area contributed by atoms with Gasteiger partial charge >= 0.3 is 0 Å². The molecule has 0 aliphatic carbocycles. The third kappa shape index (κ3) is 11.2. The van der Waals surface area contributed by atoms with Gasteiger partial charge in [-0.05, 0) is 25.7 Å². The van der Waals surface area contributed by atoms with Crippen LogP contribution >= 0.6 is 0 Å². The topological polar surface area (TPSA) is 79.2 Å². The van der Waals surface area contributed by atoms with E-state index in [0.717, 1.165) is 12.8 Å². The molecular weight excluding hydrogens is 344 g/mol. The molecule has 0 amide bonds. The van der Waals surface area contributed by atoms with Gasteiger partial charge in [-0.15, -0.1) is 0 Å². The lowest BCUT2D eigenvalue weighted by molar-refractivity contribution is -0.208. The predicted octanol–water partition coefficient (Wildman–Crippen LogP) is 3.74. The van der Waals surface area contributed by atoms with E-state index in [-0.39, 0.29) is 13.2 Å². The van der Waals surface area contributed by atoms with E-state index in [1.54, 1.807) is 0 Å². The summed E-state index contributed by atoms with van der Waals surface area (Å²) in [5.41, 5.74) is 0. The number of aliphatic hydroxyl groups excluding tert-OH is 3. The van der Waals surface area contributed by atoms with Crippen LogP contribution in [0.3, 0.4) is 0 Å². The highest BCUT2D eigenvalue weighted by Gasteiger charge is 2.38. The standard InChI is InChI=1S/C22H42O5/c1-2-3-4-5-6-7-8-9-10-11-12-13-14-15-16-26-20-18-27-19(17-23)21(24)22(20)25/h5-6,19-25H,2-4,7-18H2,1H3/b6-5+/t19-,20+,21-,22-/m0/s1. The first kappa shape index (κ1) is 24.6.